The van der Waals surface area contributed by atoms with Gasteiger partial charge in [0.1, 0.15) is 26.3 Å². The van der Waals surface area contributed by atoms with Crippen LogP contribution in [0.15, 0.2) is 24.3 Å². The van der Waals surface area contributed by atoms with Gasteiger partial charge in [-0.3, -0.25) is 4.55 Å². The summed E-state index contributed by atoms with van der Waals surface area (Å²) in [7, 11) is -2.21. The van der Waals surface area contributed by atoms with Crippen molar-refractivity contribution in [3.8, 4) is 0 Å². The van der Waals surface area contributed by atoms with Crippen LogP contribution in [-0.2, 0) is 29.2 Å². The molecule has 25 heavy (non-hydrogen) atoms. The Morgan fingerprint density at radius 3 is 1.68 bits per heavy atom. The molecule has 0 atom stereocenters. The Morgan fingerprint density at radius 2 is 1.36 bits per heavy atom. The van der Waals surface area contributed by atoms with Crippen LogP contribution in [0.4, 0.5) is 0 Å². The molecule has 0 saturated heterocycles. The van der Waals surface area contributed by atoms with E-state index in [1.807, 2.05) is 7.05 Å². The van der Waals surface area contributed by atoms with Crippen molar-refractivity contribution in [3.63, 3.8) is 0 Å². The molecule has 0 saturated carbocycles. The van der Waals surface area contributed by atoms with Gasteiger partial charge in [0.2, 0.25) is 0 Å². The first-order valence-electron chi connectivity index (χ1n) is 7.80. The van der Waals surface area contributed by atoms with Crippen molar-refractivity contribution < 1.29 is 36.5 Å². The maximum Gasteiger partial charge on any atom is 0.333 e. The first-order chi connectivity index (χ1) is 11.4. The monoisotopic (exact) mass is 378 g/mol. The third kappa shape index (κ3) is 11.5. The van der Waals surface area contributed by atoms with Crippen LogP contribution >= 0.6 is 0 Å². The maximum atomic E-state index is 11.4. The summed E-state index contributed by atoms with van der Waals surface area (Å²) in [6.45, 7) is 11.5. The van der Waals surface area contributed by atoms with Crippen LogP contribution < -0.4 is 0 Å². The number of likely N-dealkylation sites (N-methyl/N-ethyl adjacent to an activating group) is 1. The smallest absolute Gasteiger partial charge is 0.333 e. The molecule has 8 nitrogen and oxygen atoms in total. The fraction of sp³-hybridized carbons (Fsp3) is 0.625. The molecular weight excluding hydrogens is 350 g/mol. The molecule has 0 amide bonds. The summed E-state index contributed by atoms with van der Waals surface area (Å²) in [5, 5.41) is 0. The Kier molecular flexibility index (Phi) is 9.61. The summed E-state index contributed by atoms with van der Waals surface area (Å²) in [5.41, 5.74) is 0.576. The summed E-state index contributed by atoms with van der Waals surface area (Å²) >= 11 is 0. The molecular formula is C16H28NO7S+. The lowest BCUT2D eigenvalue weighted by Gasteiger charge is -2.34. The van der Waals surface area contributed by atoms with Crippen LogP contribution in [0.3, 0.4) is 0 Å². The number of carbonyl (C=O) groups excluding carboxylic acids is 2. The first kappa shape index (κ1) is 23.3. The van der Waals surface area contributed by atoms with E-state index in [0.29, 0.717) is 24.1 Å². The van der Waals surface area contributed by atoms with Crippen molar-refractivity contribution in [2.45, 2.75) is 20.3 Å². The standard InChI is InChI=1S/C16H27NO7S/c1-13(2)15(18)23-10-8-17(5,7-6-12-25(20,21)22)9-11-24-16(19)14(3)4/h1,3,6-12H2,2,4-5H3/p+1. The van der Waals surface area contributed by atoms with E-state index < -0.39 is 22.1 Å². The second-order valence-electron chi connectivity index (χ2n) is 6.26. The first-order valence-corrected chi connectivity index (χ1v) is 9.41. The minimum atomic E-state index is -4.04. The largest absolute Gasteiger partial charge is 0.456 e. The molecule has 9 heteroatoms. The maximum absolute atomic E-state index is 11.4. The van der Waals surface area contributed by atoms with Crippen LogP contribution in [0, 0.1) is 0 Å². The molecule has 0 aromatic heterocycles. The van der Waals surface area contributed by atoms with Gasteiger partial charge in [-0.1, -0.05) is 13.2 Å². The normalized spacial score (nSPS) is 11.7. The van der Waals surface area contributed by atoms with Crippen LogP contribution in [0.25, 0.3) is 0 Å². The van der Waals surface area contributed by atoms with Crippen molar-refractivity contribution >= 4 is 22.1 Å². The number of quaternary nitrogens is 1. The van der Waals surface area contributed by atoms with Gasteiger partial charge in [-0.15, -0.1) is 0 Å². The van der Waals surface area contributed by atoms with Gasteiger partial charge in [-0.2, -0.15) is 8.42 Å². The molecule has 0 aromatic carbocycles. The van der Waals surface area contributed by atoms with E-state index in [4.69, 9.17) is 14.0 Å². The summed E-state index contributed by atoms with van der Waals surface area (Å²) in [6.07, 6.45) is 0.220. The number of esters is 2. The minimum absolute atomic E-state index is 0.114. The third-order valence-electron chi connectivity index (χ3n) is 3.53. The Labute approximate surface area is 149 Å². The molecule has 144 valence electrons. The Morgan fingerprint density at radius 1 is 0.960 bits per heavy atom. The minimum Gasteiger partial charge on any atom is -0.456 e. The second-order valence-corrected chi connectivity index (χ2v) is 7.83. The van der Waals surface area contributed by atoms with E-state index in [2.05, 4.69) is 13.2 Å². The van der Waals surface area contributed by atoms with Gasteiger partial charge < -0.3 is 14.0 Å². The zero-order valence-corrected chi connectivity index (χ0v) is 15.9. The van der Waals surface area contributed by atoms with Crippen LogP contribution in [0.1, 0.15) is 20.3 Å². The van der Waals surface area contributed by atoms with Gasteiger partial charge in [0.05, 0.1) is 19.3 Å². The number of hydrogen-bond acceptors (Lipinski definition) is 6. The zero-order valence-electron chi connectivity index (χ0n) is 15.1. The third-order valence-corrected chi connectivity index (χ3v) is 4.33. The van der Waals surface area contributed by atoms with Gasteiger partial charge in [-0.05, 0) is 13.8 Å². The van der Waals surface area contributed by atoms with Gasteiger partial charge in [0.25, 0.3) is 10.1 Å². The van der Waals surface area contributed by atoms with E-state index in [1.165, 1.54) is 0 Å². The van der Waals surface area contributed by atoms with Crippen molar-refractivity contribution in [2.24, 2.45) is 0 Å². The molecule has 0 heterocycles. The van der Waals surface area contributed by atoms with Gasteiger partial charge in [-0.25, -0.2) is 9.59 Å². The fourth-order valence-electron chi connectivity index (χ4n) is 1.93. The molecule has 0 radical (unpaired) electrons. The van der Waals surface area contributed by atoms with Gasteiger partial charge in [0.15, 0.2) is 0 Å². The second kappa shape index (κ2) is 10.3. The predicted octanol–water partition coefficient (Wildman–Crippen LogP) is 0.950. The van der Waals surface area contributed by atoms with E-state index in [9.17, 15) is 18.0 Å². The lowest BCUT2D eigenvalue weighted by molar-refractivity contribution is -0.909. The van der Waals surface area contributed by atoms with Crippen molar-refractivity contribution in [2.75, 3.05) is 45.6 Å². The predicted molar refractivity (Wildman–Crippen MR) is 93.4 cm³/mol. The van der Waals surface area contributed by atoms with Crippen LogP contribution in [0.5, 0.6) is 0 Å². The molecule has 0 aliphatic heterocycles. The van der Waals surface area contributed by atoms with Crippen molar-refractivity contribution in [1.29, 1.82) is 0 Å². The summed E-state index contributed by atoms with van der Waals surface area (Å²) in [4.78, 5) is 22.9. The van der Waals surface area contributed by atoms with Gasteiger partial charge in [0, 0.05) is 17.6 Å². The molecule has 0 spiro atoms. The topological polar surface area (TPSA) is 107 Å². The van der Waals surface area contributed by atoms with Crippen LogP contribution in [0.2, 0.25) is 0 Å². The Bertz CT molecular complexity index is 578. The molecule has 0 unspecified atom stereocenters. The molecule has 0 aliphatic rings. The number of ether oxygens (including phenoxy) is 2. The highest BCUT2D eigenvalue weighted by Gasteiger charge is 2.24. The van der Waals surface area contributed by atoms with Gasteiger partial charge >= 0.3 is 11.9 Å². The quantitative estimate of drug-likeness (QED) is 0.233. The summed E-state index contributed by atoms with van der Waals surface area (Å²) in [6, 6.07) is 0. The average molecular weight is 378 g/mol. The molecule has 0 rings (SSSR count). The van der Waals surface area contributed by atoms with E-state index in [0.717, 1.165) is 0 Å². The molecule has 0 aliphatic carbocycles. The zero-order chi connectivity index (χ0) is 19.7. The SMILES string of the molecule is C=C(C)C(=O)OCC[N+](C)(CCCS(=O)(=O)O)CCOC(=O)C(=C)C. The van der Waals surface area contributed by atoms with E-state index in [-0.39, 0.29) is 36.5 Å². The highest BCUT2D eigenvalue weighted by Crippen LogP contribution is 2.07. The average Bonchev–Trinajstić information content (AvgIpc) is 2.45. The number of hydrogen-bond donors (Lipinski definition) is 1. The van der Waals surface area contributed by atoms with E-state index in [1.54, 1.807) is 13.8 Å². The highest BCUT2D eigenvalue weighted by atomic mass is 32.2. The fourth-order valence-corrected chi connectivity index (χ4v) is 2.42. The molecule has 0 bridgehead atoms. The molecule has 0 fully saturated rings. The summed E-state index contributed by atoms with van der Waals surface area (Å²) in [5.74, 6) is -1.37. The number of rotatable bonds is 12. The van der Waals surface area contributed by atoms with Crippen molar-refractivity contribution in [3.05, 3.63) is 24.3 Å². The van der Waals surface area contributed by atoms with Crippen molar-refractivity contribution in [1.82, 2.24) is 0 Å². The molecule has 0 aromatic rings. The Balaban J connectivity index is 4.66. The number of carbonyl (C=O) groups is 2. The lowest BCUT2D eigenvalue weighted by atomic mass is 10.3. The lowest BCUT2D eigenvalue weighted by Crippen LogP contribution is -2.50. The van der Waals surface area contributed by atoms with Crippen LogP contribution in [-0.4, -0.2) is 75.0 Å². The summed E-state index contributed by atoms with van der Waals surface area (Å²) < 4.78 is 41.0. The highest BCUT2D eigenvalue weighted by molar-refractivity contribution is 7.85. The Hall–Kier alpha value is -1.71. The molecule has 1 N–H and O–H groups in total. The van der Waals surface area contributed by atoms with E-state index >= 15 is 0 Å². The number of nitrogens with zero attached hydrogens (tertiary/aromatic N) is 1.